The van der Waals surface area contributed by atoms with Crippen LogP contribution >= 0.6 is 11.6 Å². The van der Waals surface area contributed by atoms with E-state index in [0.29, 0.717) is 24.8 Å². The molecule has 1 aliphatic carbocycles. The third-order valence-corrected chi connectivity index (χ3v) is 10.4. The van der Waals surface area contributed by atoms with Crippen molar-refractivity contribution in [2.24, 2.45) is 11.3 Å². The average Bonchev–Trinajstić information content (AvgIpc) is 3.60. The van der Waals surface area contributed by atoms with Crippen LogP contribution in [0.2, 0.25) is 5.15 Å². The Morgan fingerprint density at radius 2 is 1.83 bits per heavy atom. The highest BCUT2D eigenvalue weighted by molar-refractivity contribution is 7.83. The third-order valence-electron chi connectivity index (χ3n) is 9.18. The quantitative estimate of drug-likeness (QED) is 0.126. The molecule has 0 bridgehead atoms. The lowest BCUT2D eigenvalue weighted by molar-refractivity contribution is -0.190. The highest BCUT2D eigenvalue weighted by Crippen LogP contribution is 2.59. The van der Waals surface area contributed by atoms with Gasteiger partial charge in [-0.05, 0) is 103 Å². The zero-order valence-electron chi connectivity index (χ0n) is 29.9. The van der Waals surface area contributed by atoms with Crippen molar-refractivity contribution in [3.8, 4) is 11.7 Å². The topological polar surface area (TPSA) is 141 Å². The van der Waals surface area contributed by atoms with Gasteiger partial charge in [-0.25, -0.2) is 23.7 Å². The van der Waals surface area contributed by atoms with Gasteiger partial charge in [0.15, 0.2) is 21.8 Å². The van der Waals surface area contributed by atoms with Crippen molar-refractivity contribution in [3.05, 3.63) is 53.3 Å². The van der Waals surface area contributed by atoms with E-state index in [9.17, 15) is 27.0 Å². The van der Waals surface area contributed by atoms with Crippen molar-refractivity contribution in [1.29, 1.82) is 0 Å². The molecular formula is C35H45ClF3N7O5S. The van der Waals surface area contributed by atoms with Gasteiger partial charge in [-0.2, -0.15) is 13.2 Å². The van der Waals surface area contributed by atoms with Crippen molar-refractivity contribution < 1.29 is 36.4 Å². The predicted molar refractivity (Wildman–Crippen MR) is 190 cm³/mol. The molecule has 12 nitrogen and oxygen atoms in total. The van der Waals surface area contributed by atoms with E-state index in [0.717, 1.165) is 25.7 Å². The monoisotopic (exact) mass is 767 g/mol. The Hall–Kier alpha value is -3.92. The van der Waals surface area contributed by atoms with Crippen LogP contribution in [0.5, 0.6) is 5.88 Å². The Kier molecular flexibility index (Phi) is 11.8. The molecule has 0 radical (unpaired) electrons. The fourth-order valence-electron chi connectivity index (χ4n) is 6.21. The summed E-state index contributed by atoms with van der Waals surface area (Å²) < 4.78 is 67.2. The number of nitrogens with one attached hydrogen (secondary N) is 2. The second kappa shape index (κ2) is 15.6. The number of alkyl halides is 3. The molecule has 2 amide bonds. The van der Waals surface area contributed by atoms with Crippen molar-refractivity contribution in [3.63, 3.8) is 0 Å². The van der Waals surface area contributed by atoms with E-state index >= 15 is 0 Å². The van der Waals surface area contributed by atoms with Crippen molar-refractivity contribution in [2.75, 3.05) is 25.0 Å². The van der Waals surface area contributed by atoms with Crippen LogP contribution in [0.15, 0.2) is 47.6 Å². The summed E-state index contributed by atoms with van der Waals surface area (Å²) >= 11 is 6.30. The largest absolute Gasteiger partial charge is 0.477 e. The summed E-state index contributed by atoms with van der Waals surface area (Å²) in [7, 11) is -2.00. The molecule has 2 atom stereocenters. The molecule has 1 aliphatic heterocycles. The minimum atomic E-state index is -4.25. The van der Waals surface area contributed by atoms with Crippen LogP contribution in [0.1, 0.15) is 89.9 Å². The van der Waals surface area contributed by atoms with Crippen LogP contribution < -0.4 is 14.8 Å². The Labute approximate surface area is 308 Å². The van der Waals surface area contributed by atoms with Gasteiger partial charge in [0.2, 0.25) is 5.88 Å². The van der Waals surface area contributed by atoms with E-state index in [2.05, 4.69) is 39.0 Å². The molecule has 2 N–H and O–H groups in total. The average molecular weight is 768 g/mol. The molecule has 0 spiro atoms. The molecule has 284 valence electrons. The summed E-state index contributed by atoms with van der Waals surface area (Å²) in [5.41, 5.74) is -2.50. The zero-order valence-corrected chi connectivity index (χ0v) is 31.5. The number of rotatable bonds is 14. The number of pyridine rings is 2. The van der Waals surface area contributed by atoms with Crippen LogP contribution in [-0.2, 0) is 15.7 Å². The first-order chi connectivity index (χ1) is 24.4. The molecule has 3 aromatic rings. The van der Waals surface area contributed by atoms with Gasteiger partial charge in [-0.3, -0.25) is 9.52 Å². The summed E-state index contributed by atoms with van der Waals surface area (Å²) in [4.78, 5) is 36.1. The van der Waals surface area contributed by atoms with E-state index in [1.807, 2.05) is 25.7 Å². The molecule has 5 rings (SSSR count). The molecule has 1 saturated carbocycles. The van der Waals surface area contributed by atoms with Gasteiger partial charge in [-0.15, -0.1) is 5.10 Å². The normalized spacial score (nSPS) is 18.5. The number of hydrogen-bond acceptors (Lipinski definition) is 9. The lowest BCUT2D eigenvalue weighted by atomic mass is 9.93. The Morgan fingerprint density at radius 1 is 1.08 bits per heavy atom. The van der Waals surface area contributed by atoms with Gasteiger partial charge in [-0.1, -0.05) is 24.1 Å². The second-order valence-electron chi connectivity index (χ2n) is 14.9. The summed E-state index contributed by atoms with van der Waals surface area (Å²) in [6, 6.07) is 9.32. The van der Waals surface area contributed by atoms with Gasteiger partial charge in [0, 0.05) is 30.9 Å². The highest BCUT2D eigenvalue weighted by atomic mass is 35.5. The van der Waals surface area contributed by atoms with E-state index in [-0.39, 0.29) is 64.9 Å². The highest BCUT2D eigenvalue weighted by Gasteiger charge is 2.62. The second-order valence-corrected chi connectivity index (χ2v) is 16.5. The number of aromatic nitrogens is 4. The van der Waals surface area contributed by atoms with Crippen molar-refractivity contribution >= 4 is 40.4 Å². The fraction of sp³-hybridized carbons (Fsp3) is 0.571. The molecule has 17 heteroatoms. The molecule has 52 heavy (non-hydrogen) atoms. The van der Waals surface area contributed by atoms with Gasteiger partial charge in [0.1, 0.15) is 16.6 Å². The smallest absolute Gasteiger partial charge is 0.410 e. The number of unbranched alkanes of at least 4 members (excludes halogenated alkanes) is 1. The van der Waals surface area contributed by atoms with Gasteiger partial charge in [0.25, 0.3) is 5.91 Å². The molecular weight excluding hydrogens is 723 g/mol. The summed E-state index contributed by atoms with van der Waals surface area (Å²) in [6.07, 6.45) is 0.738. The number of amides is 2. The van der Waals surface area contributed by atoms with Crippen LogP contribution in [0, 0.1) is 11.3 Å². The van der Waals surface area contributed by atoms with E-state index < -0.39 is 34.1 Å². The predicted octanol–water partition coefficient (Wildman–Crippen LogP) is 7.50. The van der Waals surface area contributed by atoms with Gasteiger partial charge in [0.05, 0.1) is 17.6 Å². The lowest BCUT2D eigenvalue weighted by Gasteiger charge is -2.33. The molecule has 0 aromatic carbocycles. The zero-order chi connectivity index (χ0) is 37.9. The van der Waals surface area contributed by atoms with Crippen LogP contribution in [0.4, 0.5) is 23.8 Å². The van der Waals surface area contributed by atoms with Crippen LogP contribution in [0.3, 0.4) is 0 Å². The lowest BCUT2D eigenvalue weighted by Crippen LogP contribution is -2.45. The SMILES string of the molecule is CC(C)(C)OC(=O)N1CC(CCCCNc2cccc(S(=O)NC(=O)c3ccc(-n4ccc(OCCC5(C(F)(F)F)CC5)n4)nc3Cl)n2)CC1(C)C. The number of nitrogens with zero attached hydrogens (tertiary/aromatic N) is 5. The number of carbonyl (C=O) groups is 2. The fourth-order valence-corrected chi connectivity index (χ4v) is 7.21. The maximum atomic E-state index is 13.2. The minimum absolute atomic E-state index is 0.0292. The number of carbonyl (C=O) groups excluding carboxylic acids is 2. The van der Waals surface area contributed by atoms with Gasteiger partial charge >= 0.3 is 12.3 Å². The summed E-state index contributed by atoms with van der Waals surface area (Å²) in [6.45, 7) is 10.9. The number of anilines is 1. The maximum Gasteiger partial charge on any atom is 0.410 e. The minimum Gasteiger partial charge on any atom is -0.477 e. The van der Waals surface area contributed by atoms with Crippen LogP contribution in [0.25, 0.3) is 5.82 Å². The standard InChI is InChI=1S/C35H45ClF3N7O5S/c1-32(2,3)51-31(48)45-22-23(21-33(45,4)5)9-6-7-18-40-25-10-8-11-28(41-25)52(49)44-30(47)24-12-13-26(42-29(24)36)46-19-14-27(43-46)50-20-17-34(15-16-34)35(37,38)39/h8,10-14,19,23H,6-7,9,15-18,20-22H2,1-5H3,(H,40,41)(H,44,47). The molecule has 4 heterocycles. The number of ether oxygens (including phenoxy) is 2. The van der Waals surface area contributed by atoms with Crippen LogP contribution in [-0.4, -0.2) is 77.9 Å². The first-order valence-electron chi connectivity index (χ1n) is 17.2. The molecule has 1 saturated heterocycles. The molecule has 2 aliphatic rings. The van der Waals surface area contributed by atoms with Gasteiger partial charge < -0.3 is 19.7 Å². The molecule has 2 unspecified atom stereocenters. The Balaban J connectivity index is 1.06. The molecule has 2 fully saturated rings. The van der Waals surface area contributed by atoms with Crippen molar-refractivity contribution in [2.45, 2.75) is 102 Å². The number of likely N-dealkylation sites (tertiary alicyclic amines) is 1. The number of halogens is 4. The first kappa shape index (κ1) is 39.3. The van der Waals surface area contributed by atoms with E-state index in [1.165, 1.54) is 35.1 Å². The Morgan fingerprint density at radius 3 is 2.50 bits per heavy atom. The van der Waals surface area contributed by atoms with Crippen molar-refractivity contribution in [1.82, 2.24) is 29.4 Å². The summed E-state index contributed by atoms with van der Waals surface area (Å²) in [5, 5.41) is 7.39. The maximum absolute atomic E-state index is 13.2. The summed E-state index contributed by atoms with van der Waals surface area (Å²) in [5.74, 6) is 0.527. The Bertz CT molecular complexity index is 1780. The van der Waals surface area contributed by atoms with E-state index in [1.54, 1.807) is 12.1 Å². The third kappa shape index (κ3) is 9.94. The first-order valence-corrected chi connectivity index (χ1v) is 18.8. The number of hydrogen-bond donors (Lipinski definition) is 2. The molecule has 3 aromatic heterocycles. The van der Waals surface area contributed by atoms with E-state index in [4.69, 9.17) is 21.1 Å².